The fourth-order valence-electron chi connectivity index (χ4n) is 1.47. The van der Waals surface area contributed by atoms with Crippen LogP contribution in [-0.2, 0) is 9.53 Å². The molecule has 0 aromatic carbocycles. The fraction of sp³-hybridized carbons (Fsp3) is 0.154. The van der Waals surface area contributed by atoms with Gasteiger partial charge in [-0.25, -0.2) is 0 Å². The zero-order chi connectivity index (χ0) is 12.3. The van der Waals surface area contributed by atoms with Crippen molar-refractivity contribution in [2.45, 2.75) is 12.5 Å². The molecular weight excluding hydrogens is 218 g/mol. The summed E-state index contributed by atoms with van der Waals surface area (Å²) in [4.78, 5) is 27.8. The van der Waals surface area contributed by atoms with E-state index in [4.69, 9.17) is 4.74 Å². The summed E-state index contributed by atoms with van der Waals surface area (Å²) < 4.78 is 5.20. The molecule has 1 aliphatic rings. The second-order valence-electron chi connectivity index (χ2n) is 3.79. The topological polar surface area (TPSA) is 56.3 Å². The standard InChI is InChI=1S/C13H11NO3/c1-13(7-3-5-9-17-13)12(16)11(15)10-6-2-4-8-14-10/h2-9H,1H3. The Morgan fingerprint density at radius 1 is 1.29 bits per heavy atom. The number of ketones is 2. The van der Waals surface area contributed by atoms with Gasteiger partial charge in [-0.15, -0.1) is 0 Å². The van der Waals surface area contributed by atoms with Crippen molar-refractivity contribution in [1.82, 2.24) is 4.98 Å². The maximum atomic E-state index is 12.0. The monoisotopic (exact) mass is 229 g/mol. The van der Waals surface area contributed by atoms with E-state index in [1.807, 2.05) is 0 Å². The number of rotatable bonds is 3. The van der Waals surface area contributed by atoms with Crippen LogP contribution in [0.1, 0.15) is 17.4 Å². The lowest BCUT2D eigenvalue weighted by Crippen LogP contribution is -2.41. The molecular formula is C13H11NO3. The van der Waals surface area contributed by atoms with Crippen LogP contribution < -0.4 is 0 Å². The van der Waals surface area contributed by atoms with E-state index in [9.17, 15) is 9.59 Å². The van der Waals surface area contributed by atoms with Gasteiger partial charge in [0, 0.05) is 6.20 Å². The van der Waals surface area contributed by atoms with E-state index in [-0.39, 0.29) is 5.69 Å². The maximum Gasteiger partial charge on any atom is 0.252 e. The van der Waals surface area contributed by atoms with Crippen LogP contribution in [0.4, 0.5) is 0 Å². The van der Waals surface area contributed by atoms with Crippen molar-refractivity contribution in [2.24, 2.45) is 0 Å². The zero-order valence-electron chi connectivity index (χ0n) is 9.29. The van der Waals surface area contributed by atoms with Crippen molar-refractivity contribution >= 4 is 11.6 Å². The molecule has 0 bridgehead atoms. The summed E-state index contributed by atoms with van der Waals surface area (Å²) >= 11 is 0. The first kappa shape index (κ1) is 11.3. The van der Waals surface area contributed by atoms with Crippen LogP contribution in [0.5, 0.6) is 0 Å². The number of carbonyl (C=O) groups is 2. The lowest BCUT2D eigenvalue weighted by atomic mass is 9.94. The molecule has 0 radical (unpaired) electrons. The minimum atomic E-state index is -1.23. The molecule has 4 heteroatoms. The van der Waals surface area contributed by atoms with Crippen LogP contribution in [0.2, 0.25) is 0 Å². The third kappa shape index (κ3) is 2.15. The maximum absolute atomic E-state index is 12.0. The SMILES string of the molecule is CC1(C(=O)C(=O)c2ccccn2)C=CC=CO1. The second kappa shape index (κ2) is 4.33. The fourth-order valence-corrected chi connectivity index (χ4v) is 1.47. The number of aromatic nitrogens is 1. The number of ether oxygens (including phenoxy) is 1. The molecule has 0 saturated carbocycles. The molecule has 17 heavy (non-hydrogen) atoms. The summed E-state index contributed by atoms with van der Waals surface area (Å²) in [7, 11) is 0. The molecule has 1 aromatic heterocycles. The summed E-state index contributed by atoms with van der Waals surface area (Å²) in [5.74, 6) is -1.27. The summed E-state index contributed by atoms with van der Waals surface area (Å²) in [5, 5.41) is 0. The predicted molar refractivity (Wildman–Crippen MR) is 61.3 cm³/mol. The van der Waals surface area contributed by atoms with Gasteiger partial charge in [-0.1, -0.05) is 12.1 Å². The highest BCUT2D eigenvalue weighted by Crippen LogP contribution is 2.19. The molecule has 0 fully saturated rings. The van der Waals surface area contributed by atoms with Gasteiger partial charge in [0.25, 0.3) is 11.6 Å². The highest BCUT2D eigenvalue weighted by atomic mass is 16.5. The molecule has 4 nitrogen and oxygen atoms in total. The van der Waals surface area contributed by atoms with Crippen LogP contribution in [0.15, 0.2) is 48.9 Å². The van der Waals surface area contributed by atoms with E-state index in [1.165, 1.54) is 18.5 Å². The number of pyridine rings is 1. The van der Waals surface area contributed by atoms with Crippen molar-refractivity contribution in [3.63, 3.8) is 0 Å². The van der Waals surface area contributed by atoms with Gasteiger partial charge in [0.1, 0.15) is 5.69 Å². The Kier molecular flexibility index (Phi) is 2.87. The van der Waals surface area contributed by atoms with Crippen LogP contribution in [0.3, 0.4) is 0 Å². The molecule has 1 atom stereocenters. The first-order valence-electron chi connectivity index (χ1n) is 5.16. The third-order valence-electron chi connectivity index (χ3n) is 2.47. The van der Waals surface area contributed by atoms with E-state index in [2.05, 4.69) is 4.98 Å². The summed E-state index contributed by atoms with van der Waals surface area (Å²) in [6, 6.07) is 4.85. The minimum absolute atomic E-state index is 0.130. The van der Waals surface area contributed by atoms with Crippen molar-refractivity contribution < 1.29 is 14.3 Å². The van der Waals surface area contributed by atoms with Gasteiger partial charge in [0.2, 0.25) is 0 Å². The number of allylic oxidation sites excluding steroid dienone is 2. The third-order valence-corrected chi connectivity index (χ3v) is 2.47. The molecule has 0 saturated heterocycles. The number of carbonyl (C=O) groups excluding carboxylic acids is 2. The van der Waals surface area contributed by atoms with Gasteiger partial charge in [-0.05, 0) is 31.2 Å². The average Bonchev–Trinajstić information content (AvgIpc) is 2.39. The van der Waals surface area contributed by atoms with Gasteiger partial charge >= 0.3 is 0 Å². The Morgan fingerprint density at radius 2 is 2.12 bits per heavy atom. The van der Waals surface area contributed by atoms with Crippen LogP contribution in [0, 0.1) is 0 Å². The zero-order valence-corrected chi connectivity index (χ0v) is 9.29. The minimum Gasteiger partial charge on any atom is -0.483 e. The van der Waals surface area contributed by atoms with Gasteiger partial charge in [0.15, 0.2) is 5.60 Å². The number of Topliss-reactive ketones (excluding diaryl/α,β-unsaturated/α-hetero) is 2. The molecule has 2 heterocycles. The van der Waals surface area contributed by atoms with E-state index in [0.29, 0.717) is 0 Å². The highest BCUT2D eigenvalue weighted by molar-refractivity contribution is 6.46. The Morgan fingerprint density at radius 3 is 2.71 bits per heavy atom. The first-order chi connectivity index (χ1) is 8.13. The summed E-state index contributed by atoms with van der Waals surface area (Å²) in [6.07, 6.45) is 7.74. The molecule has 0 aliphatic carbocycles. The first-order valence-corrected chi connectivity index (χ1v) is 5.16. The van der Waals surface area contributed by atoms with Crippen LogP contribution in [-0.4, -0.2) is 22.2 Å². The number of hydrogen-bond donors (Lipinski definition) is 0. The number of hydrogen-bond acceptors (Lipinski definition) is 4. The van der Waals surface area contributed by atoms with E-state index in [0.717, 1.165) is 0 Å². The quantitative estimate of drug-likeness (QED) is 0.584. The van der Waals surface area contributed by atoms with E-state index < -0.39 is 17.2 Å². The molecule has 0 N–H and O–H groups in total. The summed E-state index contributed by atoms with van der Waals surface area (Å²) in [6.45, 7) is 1.55. The second-order valence-corrected chi connectivity index (χ2v) is 3.79. The lowest BCUT2D eigenvalue weighted by molar-refractivity contribution is -0.127. The van der Waals surface area contributed by atoms with Crippen LogP contribution in [0.25, 0.3) is 0 Å². The molecule has 0 amide bonds. The van der Waals surface area contributed by atoms with Crippen molar-refractivity contribution in [3.8, 4) is 0 Å². The van der Waals surface area contributed by atoms with Crippen molar-refractivity contribution in [2.75, 3.05) is 0 Å². The van der Waals surface area contributed by atoms with E-state index in [1.54, 1.807) is 37.3 Å². The van der Waals surface area contributed by atoms with Crippen LogP contribution >= 0.6 is 0 Å². The molecule has 1 aromatic rings. The molecule has 1 aliphatic heterocycles. The van der Waals surface area contributed by atoms with Gasteiger partial charge < -0.3 is 4.74 Å². The Hall–Kier alpha value is -2.23. The van der Waals surface area contributed by atoms with Gasteiger partial charge in [0.05, 0.1) is 6.26 Å². The Balaban J connectivity index is 2.24. The lowest BCUT2D eigenvalue weighted by Gasteiger charge is -2.24. The molecule has 1 unspecified atom stereocenters. The highest BCUT2D eigenvalue weighted by Gasteiger charge is 2.38. The van der Waals surface area contributed by atoms with Gasteiger partial charge in [-0.3, -0.25) is 14.6 Å². The van der Waals surface area contributed by atoms with Crippen molar-refractivity contribution in [1.29, 1.82) is 0 Å². The Labute approximate surface area is 98.6 Å². The number of nitrogens with zero attached hydrogens (tertiary/aromatic N) is 1. The van der Waals surface area contributed by atoms with Crippen molar-refractivity contribution in [3.05, 3.63) is 54.6 Å². The largest absolute Gasteiger partial charge is 0.483 e. The summed E-state index contributed by atoms with van der Waals surface area (Å²) in [5.41, 5.74) is -1.10. The molecule has 86 valence electrons. The van der Waals surface area contributed by atoms with E-state index >= 15 is 0 Å². The Bertz CT molecular complexity index is 505. The molecule has 0 spiro atoms. The van der Waals surface area contributed by atoms with Gasteiger partial charge in [-0.2, -0.15) is 0 Å². The smallest absolute Gasteiger partial charge is 0.252 e. The average molecular weight is 229 g/mol. The predicted octanol–water partition coefficient (Wildman–Crippen LogP) is 1.69. The molecule has 2 rings (SSSR count). The normalized spacial score (nSPS) is 21.9.